The number of aromatic nitrogens is 3. The Bertz CT molecular complexity index is 1560. The van der Waals surface area contributed by atoms with Gasteiger partial charge < -0.3 is 24.3 Å². The number of nitrogen functional groups attached to an aromatic ring is 1. The molecule has 0 aliphatic rings. The zero-order chi connectivity index (χ0) is 31.0. The fraction of sp³-hybridized carbons (Fsp3) is 0.452. The van der Waals surface area contributed by atoms with Crippen LogP contribution in [0.2, 0.25) is 0 Å². The number of unbranched alkanes of at least 4 members (excludes halogenated alkanes) is 1. The van der Waals surface area contributed by atoms with Gasteiger partial charge in [-0.3, -0.25) is 9.32 Å². The van der Waals surface area contributed by atoms with E-state index in [9.17, 15) is 9.36 Å². The summed E-state index contributed by atoms with van der Waals surface area (Å²) in [4.78, 5) is 22.1. The number of ether oxygens (including phenoxy) is 2. The van der Waals surface area contributed by atoms with E-state index in [1.54, 1.807) is 31.2 Å². The van der Waals surface area contributed by atoms with E-state index in [-0.39, 0.29) is 31.8 Å². The lowest BCUT2D eigenvalue weighted by atomic mass is 10.0. The van der Waals surface area contributed by atoms with E-state index in [2.05, 4.69) is 10.1 Å². The van der Waals surface area contributed by atoms with Crippen molar-refractivity contribution in [2.24, 2.45) is 5.92 Å². The number of para-hydroxylation sites is 2. The van der Waals surface area contributed by atoms with Crippen LogP contribution >= 0.6 is 7.75 Å². The molecule has 0 aliphatic heterocycles. The summed E-state index contributed by atoms with van der Waals surface area (Å²) in [6.07, 6.45) is 1.62. The first kappa shape index (κ1) is 32.4. The van der Waals surface area contributed by atoms with Crippen LogP contribution in [0.5, 0.6) is 5.75 Å². The molecule has 0 saturated carbocycles. The van der Waals surface area contributed by atoms with Gasteiger partial charge in [0, 0.05) is 12.0 Å². The molecule has 232 valence electrons. The molecule has 0 fully saturated rings. The van der Waals surface area contributed by atoms with Crippen LogP contribution < -0.4 is 15.3 Å². The molecule has 0 spiro atoms. The van der Waals surface area contributed by atoms with E-state index in [4.69, 9.17) is 29.2 Å². The second kappa shape index (κ2) is 14.8. The fourth-order valence-corrected chi connectivity index (χ4v) is 6.21. The Hall–Kier alpha value is -3.50. The van der Waals surface area contributed by atoms with Gasteiger partial charge in [0.05, 0.1) is 30.3 Å². The highest BCUT2D eigenvalue weighted by Gasteiger charge is 2.35. The monoisotopic (exact) mass is 611 g/mol. The van der Waals surface area contributed by atoms with Gasteiger partial charge in [0.1, 0.15) is 29.7 Å². The number of carbonyl (C=O) groups excluding carboxylic acids is 1. The normalized spacial score (nSPS) is 14.6. The van der Waals surface area contributed by atoms with Crippen molar-refractivity contribution in [1.29, 1.82) is 0 Å². The average molecular weight is 612 g/mol. The molecule has 12 heteroatoms. The Kier molecular flexibility index (Phi) is 11.2. The zero-order valence-corrected chi connectivity index (χ0v) is 26.4. The largest absolute Gasteiger partial charge is 0.465 e. The molecule has 3 N–H and O–H groups in total. The standard InChI is InChI=1S/C31H42N5O6P/c1-6-8-18-40-31(37)22(5)35-43(38,42-23-14-10-9-11-15-23)41-19-26(21(3)4)36-27(20-39-7-2)34-28-29(36)24-16-12-13-17-25(24)33-30(28)32/h9-17,21-22,26H,6-8,18-20H2,1-5H3,(H2,32,33)(H,35,38)/t22-,26+,43-/m0/s1. The average Bonchev–Trinajstić information content (AvgIpc) is 3.36. The molecule has 2 aromatic heterocycles. The number of hydrogen-bond acceptors (Lipinski definition) is 9. The number of nitrogens with zero attached hydrogens (tertiary/aromatic N) is 3. The number of anilines is 1. The van der Waals surface area contributed by atoms with E-state index in [0.717, 1.165) is 29.3 Å². The molecular formula is C31H42N5O6P. The molecule has 0 saturated heterocycles. The van der Waals surface area contributed by atoms with Gasteiger partial charge >= 0.3 is 13.7 Å². The Morgan fingerprint density at radius 2 is 1.77 bits per heavy atom. The van der Waals surface area contributed by atoms with Crippen molar-refractivity contribution < 1.29 is 27.9 Å². The minimum Gasteiger partial charge on any atom is -0.465 e. The second-order valence-corrected chi connectivity index (χ2v) is 12.3. The van der Waals surface area contributed by atoms with Crippen LogP contribution in [-0.4, -0.2) is 46.4 Å². The molecule has 43 heavy (non-hydrogen) atoms. The van der Waals surface area contributed by atoms with Gasteiger partial charge in [-0.2, -0.15) is 5.09 Å². The molecule has 3 atom stereocenters. The maximum atomic E-state index is 14.3. The summed E-state index contributed by atoms with van der Waals surface area (Å²) in [5.74, 6) is 0.740. The van der Waals surface area contributed by atoms with Crippen LogP contribution in [-0.2, 0) is 30.0 Å². The zero-order valence-electron chi connectivity index (χ0n) is 25.5. The number of rotatable bonds is 16. The first-order valence-corrected chi connectivity index (χ1v) is 16.3. The van der Waals surface area contributed by atoms with Gasteiger partial charge in [0.25, 0.3) is 0 Å². The summed E-state index contributed by atoms with van der Waals surface area (Å²) in [6.45, 7) is 10.6. The van der Waals surface area contributed by atoms with Crippen molar-refractivity contribution in [2.75, 3.05) is 25.6 Å². The number of imidazole rings is 1. The van der Waals surface area contributed by atoms with Crippen molar-refractivity contribution >= 4 is 41.5 Å². The lowest BCUT2D eigenvalue weighted by Crippen LogP contribution is -2.36. The predicted octanol–water partition coefficient (Wildman–Crippen LogP) is 6.43. The Balaban J connectivity index is 1.72. The van der Waals surface area contributed by atoms with Gasteiger partial charge in [0.2, 0.25) is 0 Å². The highest BCUT2D eigenvalue weighted by atomic mass is 31.2. The number of esters is 1. The quantitative estimate of drug-likeness (QED) is 0.0828. The number of fused-ring (bicyclic) bond motifs is 3. The Morgan fingerprint density at radius 1 is 1.05 bits per heavy atom. The van der Waals surface area contributed by atoms with E-state index < -0.39 is 19.8 Å². The third kappa shape index (κ3) is 7.92. The molecule has 2 aromatic carbocycles. The molecule has 0 amide bonds. The van der Waals surface area contributed by atoms with Gasteiger partial charge in [0.15, 0.2) is 5.82 Å². The molecule has 4 rings (SSSR count). The highest BCUT2D eigenvalue weighted by Crippen LogP contribution is 2.46. The summed E-state index contributed by atoms with van der Waals surface area (Å²) in [5.41, 5.74) is 8.47. The van der Waals surface area contributed by atoms with Gasteiger partial charge in [-0.15, -0.1) is 0 Å². The van der Waals surface area contributed by atoms with Gasteiger partial charge in [-0.05, 0) is 44.4 Å². The van der Waals surface area contributed by atoms with Crippen LogP contribution in [0.3, 0.4) is 0 Å². The minimum atomic E-state index is -4.09. The summed E-state index contributed by atoms with van der Waals surface area (Å²) in [7, 11) is -4.09. The SMILES string of the molecule is CCCCOC(=O)[C@H](C)N[P@](=O)(OC[C@H](C(C)C)n1c(COCC)nc2c(N)nc3ccccc3c21)Oc1ccccc1. The lowest BCUT2D eigenvalue weighted by Gasteiger charge is -2.29. The van der Waals surface area contributed by atoms with Gasteiger partial charge in [-0.25, -0.2) is 14.5 Å². The van der Waals surface area contributed by atoms with Crippen molar-refractivity contribution in [3.63, 3.8) is 0 Å². The molecule has 0 aliphatic carbocycles. The number of nitrogens with one attached hydrogen (secondary N) is 1. The smallest absolute Gasteiger partial charge is 0.459 e. The van der Waals surface area contributed by atoms with Crippen LogP contribution in [0.15, 0.2) is 54.6 Å². The van der Waals surface area contributed by atoms with Crippen LogP contribution in [0.4, 0.5) is 5.82 Å². The molecule has 0 unspecified atom stereocenters. The van der Waals surface area contributed by atoms with E-state index >= 15 is 0 Å². The van der Waals surface area contributed by atoms with Crippen molar-refractivity contribution in [1.82, 2.24) is 19.6 Å². The molecule has 11 nitrogen and oxygen atoms in total. The minimum absolute atomic E-state index is 0.00691. The number of hydrogen-bond donors (Lipinski definition) is 2. The van der Waals surface area contributed by atoms with E-state index in [1.807, 2.05) is 62.6 Å². The van der Waals surface area contributed by atoms with E-state index in [0.29, 0.717) is 29.5 Å². The fourth-order valence-electron chi connectivity index (χ4n) is 4.70. The predicted molar refractivity (Wildman–Crippen MR) is 168 cm³/mol. The summed E-state index contributed by atoms with van der Waals surface area (Å²) in [6, 6.07) is 15.1. The molecule has 0 bridgehead atoms. The third-order valence-corrected chi connectivity index (χ3v) is 8.64. The number of carbonyl (C=O) groups is 1. The maximum Gasteiger partial charge on any atom is 0.459 e. The first-order chi connectivity index (χ1) is 20.7. The highest BCUT2D eigenvalue weighted by molar-refractivity contribution is 7.52. The summed E-state index contributed by atoms with van der Waals surface area (Å²) >= 11 is 0. The second-order valence-electron chi connectivity index (χ2n) is 10.6. The Labute approximate surface area is 252 Å². The molecule has 0 radical (unpaired) electrons. The lowest BCUT2D eigenvalue weighted by molar-refractivity contribution is -0.145. The topological polar surface area (TPSA) is 140 Å². The van der Waals surface area contributed by atoms with E-state index in [1.165, 1.54) is 0 Å². The third-order valence-electron chi connectivity index (χ3n) is 6.99. The van der Waals surface area contributed by atoms with Crippen LogP contribution in [0.25, 0.3) is 21.9 Å². The Morgan fingerprint density at radius 3 is 2.47 bits per heavy atom. The first-order valence-electron chi connectivity index (χ1n) is 14.7. The summed E-state index contributed by atoms with van der Waals surface area (Å²) in [5, 5.41) is 3.66. The number of pyridine rings is 1. The molecule has 4 aromatic rings. The number of nitrogens with two attached hydrogens (primary N) is 1. The van der Waals surface area contributed by atoms with Crippen molar-refractivity contribution in [3.8, 4) is 5.75 Å². The number of benzene rings is 2. The van der Waals surface area contributed by atoms with Crippen molar-refractivity contribution in [3.05, 3.63) is 60.4 Å². The summed E-state index contributed by atoms with van der Waals surface area (Å²) < 4.78 is 39.5. The van der Waals surface area contributed by atoms with Gasteiger partial charge in [-0.1, -0.05) is 63.6 Å². The van der Waals surface area contributed by atoms with Crippen LogP contribution in [0, 0.1) is 5.92 Å². The maximum absolute atomic E-state index is 14.3. The van der Waals surface area contributed by atoms with Crippen molar-refractivity contribution in [2.45, 2.75) is 66.2 Å². The van der Waals surface area contributed by atoms with Crippen LogP contribution in [0.1, 0.15) is 59.3 Å². The molecular weight excluding hydrogens is 569 g/mol. The molecule has 2 heterocycles.